The number of hydrogen-bond acceptors (Lipinski definition) is 6. The summed E-state index contributed by atoms with van der Waals surface area (Å²) in [7, 11) is -3.89. The molecule has 0 aliphatic carbocycles. The van der Waals surface area contributed by atoms with Crippen LogP contribution in [0, 0.1) is 0 Å². The van der Waals surface area contributed by atoms with Crippen LogP contribution in [0.3, 0.4) is 0 Å². The number of hydrogen-bond donors (Lipinski definition) is 0. The minimum atomic E-state index is -3.89. The van der Waals surface area contributed by atoms with E-state index in [0.29, 0.717) is 22.2 Å². The topological polar surface area (TPSA) is 78.9 Å². The molecule has 1 heterocycles. The molecule has 0 amide bonds. The Hall–Kier alpha value is -4.67. The molecule has 4 aromatic carbocycles. The van der Waals surface area contributed by atoms with Gasteiger partial charge in [-0.1, -0.05) is 86.0 Å². The molecule has 2 unspecified atom stereocenters. The van der Waals surface area contributed by atoms with Crippen LogP contribution in [0.2, 0.25) is 0 Å². The molecule has 206 valence electrons. The van der Waals surface area contributed by atoms with Crippen LogP contribution in [0.4, 0.5) is 0 Å². The highest BCUT2D eigenvalue weighted by molar-refractivity contribution is 7.69. The van der Waals surface area contributed by atoms with E-state index in [-0.39, 0.29) is 22.6 Å². The monoisotopic (exact) mass is 564 g/mol. The fourth-order valence-corrected chi connectivity index (χ4v) is 7.91. The van der Waals surface area contributed by atoms with E-state index in [0.717, 1.165) is 11.1 Å². The zero-order valence-corrected chi connectivity index (χ0v) is 23.9. The fourth-order valence-electron chi connectivity index (χ4n) is 4.93. The summed E-state index contributed by atoms with van der Waals surface area (Å²) in [6, 6.07) is 28.9. The quantitative estimate of drug-likeness (QED) is 0.0997. The van der Waals surface area contributed by atoms with Crippen molar-refractivity contribution >= 4 is 24.6 Å². The Labute approximate surface area is 239 Å². The number of carbonyl (C=O) groups is 2. The Morgan fingerprint density at radius 3 is 2.02 bits per heavy atom. The fraction of sp³-hybridized carbons (Fsp3) is 0.118. The predicted octanol–water partition coefficient (Wildman–Crippen LogP) is 7.58. The van der Waals surface area contributed by atoms with E-state index in [1.165, 1.54) is 19.9 Å². The van der Waals surface area contributed by atoms with Gasteiger partial charge < -0.3 is 14.0 Å². The third-order valence-corrected chi connectivity index (χ3v) is 10.3. The Balaban J connectivity index is 1.81. The van der Waals surface area contributed by atoms with Gasteiger partial charge in [-0.15, -0.1) is 0 Å². The molecule has 41 heavy (non-hydrogen) atoms. The molecule has 1 aliphatic heterocycles. The maximum absolute atomic E-state index is 15.7. The molecule has 1 aliphatic rings. The number of carbonyl (C=O) groups excluding carboxylic acids is 2. The maximum atomic E-state index is 15.7. The van der Waals surface area contributed by atoms with Crippen molar-refractivity contribution in [3.05, 3.63) is 132 Å². The SMILES string of the molecule is C=C(C)C(=O)Oc1ccc(C(C)(c2ccccc2)P2(=O)Oc3ccccc3-c3ccccc32)c(OC(=O)C(=C)C)c1. The van der Waals surface area contributed by atoms with E-state index >= 15 is 4.57 Å². The van der Waals surface area contributed by atoms with Crippen LogP contribution in [0.15, 0.2) is 121 Å². The Morgan fingerprint density at radius 2 is 1.34 bits per heavy atom. The second-order valence-electron chi connectivity index (χ2n) is 10.1. The summed E-state index contributed by atoms with van der Waals surface area (Å²) < 4.78 is 33.5. The van der Waals surface area contributed by atoms with Crippen molar-refractivity contribution in [2.24, 2.45) is 0 Å². The van der Waals surface area contributed by atoms with E-state index in [4.69, 9.17) is 14.0 Å². The van der Waals surface area contributed by atoms with Gasteiger partial charge in [0.2, 0.25) is 0 Å². The Bertz CT molecular complexity index is 1760. The standard InChI is InChI=1S/C34H29O6P/c1-22(2)32(35)38-25-19-20-28(30(21-25)39-33(36)23(3)4)34(5,24-13-7-6-8-14-24)41(37)31-18-12-10-16-27(31)26-15-9-11-17-29(26)40-41/h6-21H,1,3H2,2,4-5H3. The van der Waals surface area contributed by atoms with Gasteiger partial charge in [-0.3, -0.25) is 4.57 Å². The highest BCUT2D eigenvalue weighted by atomic mass is 31.2. The molecule has 5 rings (SSSR count). The van der Waals surface area contributed by atoms with Crippen molar-refractivity contribution in [1.82, 2.24) is 0 Å². The number of benzene rings is 4. The number of esters is 2. The maximum Gasteiger partial charge on any atom is 0.338 e. The Morgan fingerprint density at radius 1 is 0.756 bits per heavy atom. The van der Waals surface area contributed by atoms with Crippen LogP contribution in [0.1, 0.15) is 31.9 Å². The van der Waals surface area contributed by atoms with Crippen molar-refractivity contribution in [2.75, 3.05) is 0 Å². The summed E-state index contributed by atoms with van der Waals surface area (Å²) in [5.74, 6) is -0.626. The average molecular weight is 565 g/mol. The van der Waals surface area contributed by atoms with Gasteiger partial charge in [0, 0.05) is 28.3 Å². The second kappa shape index (κ2) is 10.7. The number of rotatable bonds is 7. The second-order valence-corrected chi connectivity index (χ2v) is 12.8. The lowest BCUT2D eigenvalue weighted by Crippen LogP contribution is -2.35. The normalized spacial score (nSPS) is 16.7. The first-order valence-corrected chi connectivity index (χ1v) is 14.6. The van der Waals surface area contributed by atoms with Gasteiger partial charge in [0.05, 0.1) is 5.30 Å². The summed E-state index contributed by atoms with van der Waals surface area (Å²) in [6.07, 6.45) is 0. The molecule has 0 bridgehead atoms. The van der Waals surface area contributed by atoms with Crippen molar-refractivity contribution in [2.45, 2.75) is 25.9 Å². The van der Waals surface area contributed by atoms with Gasteiger partial charge >= 0.3 is 11.9 Å². The van der Waals surface area contributed by atoms with E-state index in [9.17, 15) is 9.59 Å². The molecule has 4 aromatic rings. The largest absolute Gasteiger partial charge is 0.438 e. The van der Waals surface area contributed by atoms with Crippen LogP contribution in [0.5, 0.6) is 17.2 Å². The average Bonchev–Trinajstić information content (AvgIpc) is 2.97. The summed E-state index contributed by atoms with van der Waals surface area (Å²) in [5, 5.41) is -0.820. The molecule has 0 N–H and O–H groups in total. The summed E-state index contributed by atoms with van der Waals surface area (Å²) in [6.45, 7) is 12.2. The highest BCUT2D eigenvalue weighted by Crippen LogP contribution is 2.70. The smallest absolute Gasteiger partial charge is 0.338 e. The molecule has 0 saturated carbocycles. The van der Waals surface area contributed by atoms with Crippen molar-refractivity contribution in [3.63, 3.8) is 0 Å². The lowest BCUT2D eigenvalue weighted by atomic mass is 9.91. The molecule has 0 aromatic heterocycles. The molecule has 0 fully saturated rings. The summed E-state index contributed by atoms with van der Waals surface area (Å²) >= 11 is 0. The summed E-state index contributed by atoms with van der Waals surface area (Å²) in [5.41, 5.74) is 3.09. The summed E-state index contributed by atoms with van der Waals surface area (Å²) in [4.78, 5) is 25.1. The van der Waals surface area contributed by atoms with Crippen LogP contribution in [0.25, 0.3) is 11.1 Å². The van der Waals surface area contributed by atoms with Crippen molar-refractivity contribution < 1.29 is 28.2 Å². The van der Waals surface area contributed by atoms with Gasteiger partial charge in [-0.25, -0.2) is 9.59 Å². The van der Waals surface area contributed by atoms with Gasteiger partial charge in [-0.2, -0.15) is 0 Å². The third kappa shape index (κ3) is 4.81. The third-order valence-electron chi connectivity index (χ3n) is 7.14. The zero-order valence-electron chi connectivity index (χ0n) is 23.0. The minimum Gasteiger partial charge on any atom is -0.438 e. The predicted molar refractivity (Wildman–Crippen MR) is 160 cm³/mol. The molecular weight excluding hydrogens is 535 g/mol. The number of para-hydroxylation sites is 1. The van der Waals surface area contributed by atoms with Gasteiger partial charge in [0.1, 0.15) is 22.4 Å². The van der Waals surface area contributed by atoms with Crippen LogP contribution >= 0.6 is 7.37 Å². The van der Waals surface area contributed by atoms with Crippen molar-refractivity contribution in [1.29, 1.82) is 0 Å². The first-order chi connectivity index (χ1) is 19.6. The van der Waals surface area contributed by atoms with E-state index in [1.807, 2.05) is 79.7 Å². The molecule has 0 spiro atoms. The molecule has 6 nitrogen and oxygen atoms in total. The minimum absolute atomic E-state index is 0.0616. The Kier molecular flexibility index (Phi) is 7.29. The number of ether oxygens (including phenoxy) is 2. The zero-order chi connectivity index (χ0) is 29.4. The van der Waals surface area contributed by atoms with Gasteiger partial charge in [-0.05, 0) is 50.1 Å². The lowest BCUT2D eigenvalue weighted by Gasteiger charge is -2.42. The van der Waals surface area contributed by atoms with E-state index in [1.54, 1.807) is 18.2 Å². The van der Waals surface area contributed by atoms with E-state index < -0.39 is 24.5 Å². The molecular formula is C34H29O6P. The van der Waals surface area contributed by atoms with Gasteiger partial charge in [0.15, 0.2) is 0 Å². The van der Waals surface area contributed by atoms with Crippen LogP contribution in [-0.4, -0.2) is 11.9 Å². The van der Waals surface area contributed by atoms with Crippen LogP contribution in [-0.2, 0) is 19.3 Å². The first-order valence-electron chi connectivity index (χ1n) is 13.0. The molecule has 7 heteroatoms. The lowest BCUT2D eigenvalue weighted by molar-refractivity contribution is -0.130. The van der Waals surface area contributed by atoms with Crippen LogP contribution < -0.4 is 19.3 Å². The molecule has 0 radical (unpaired) electrons. The van der Waals surface area contributed by atoms with Gasteiger partial charge in [0.25, 0.3) is 7.37 Å². The molecule has 2 atom stereocenters. The van der Waals surface area contributed by atoms with E-state index in [2.05, 4.69) is 13.2 Å². The highest BCUT2D eigenvalue weighted by Gasteiger charge is 2.55. The number of fused-ring (bicyclic) bond motifs is 3. The first kappa shape index (κ1) is 27.9. The van der Waals surface area contributed by atoms with Crippen molar-refractivity contribution in [3.8, 4) is 28.4 Å². The molecule has 0 saturated heterocycles.